The Morgan fingerprint density at radius 1 is 1.36 bits per heavy atom. The molecular formula is C16H27N5O. The van der Waals surface area contributed by atoms with Gasteiger partial charge < -0.3 is 4.74 Å². The summed E-state index contributed by atoms with van der Waals surface area (Å²) in [6.07, 6.45) is 7.09. The van der Waals surface area contributed by atoms with Crippen molar-refractivity contribution in [2.24, 2.45) is 0 Å². The van der Waals surface area contributed by atoms with Crippen molar-refractivity contribution in [2.45, 2.75) is 63.3 Å². The summed E-state index contributed by atoms with van der Waals surface area (Å²) in [4.78, 5) is 7.30. The lowest BCUT2D eigenvalue weighted by Gasteiger charge is -2.47. The van der Waals surface area contributed by atoms with Gasteiger partial charge in [-0.15, -0.1) is 0 Å². The fourth-order valence-electron chi connectivity index (χ4n) is 4.71. The molecular weight excluding hydrogens is 278 g/mol. The van der Waals surface area contributed by atoms with Crippen molar-refractivity contribution in [3.8, 4) is 0 Å². The predicted molar refractivity (Wildman–Crippen MR) is 83.7 cm³/mol. The monoisotopic (exact) mass is 305 g/mol. The molecule has 3 aliphatic rings. The van der Waals surface area contributed by atoms with Crippen LogP contribution in [0.5, 0.6) is 0 Å². The smallest absolute Gasteiger partial charge is 0.139 e. The number of rotatable bonds is 2. The second-order valence-electron chi connectivity index (χ2n) is 7.16. The number of aromatic nitrogens is 3. The number of ether oxygens (including phenoxy) is 1. The van der Waals surface area contributed by atoms with Crippen LogP contribution in [0, 0.1) is 0 Å². The third-order valence-electron chi connectivity index (χ3n) is 5.65. The van der Waals surface area contributed by atoms with E-state index in [2.05, 4.69) is 33.8 Å². The van der Waals surface area contributed by atoms with E-state index >= 15 is 0 Å². The van der Waals surface area contributed by atoms with Crippen molar-refractivity contribution in [3.63, 3.8) is 0 Å². The first-order valence-corrected chi connectivity index (χ1v) is 8.72. The van der Waals surface area contributed by atoms with Crippen LogP contribution in [0.3, 0.4) is 0 Å². The van der Waals surface area contributed by atoms with Crippen molar-refractivity contribution in [1.82, 2.24) is 25.0 Å². The van der Waals surface area contributed by atoms with Crippen molar-refractivity contribution >= 4 is 0 Å². The molecule has 3 heterocycles. The van der Waals surface area contributed by atoms with Crippen molar-refractivity contribution in [1.29, 1.82) is 0 Å². The maximum atomic E-state index is 6.34. The summed E-state index contributed by atoms with van der Waals surface area (Å²) < 4.78 is 8.46. The second-order valence-corrected chi connectivity index (χ2v) is 7.16. The Bertz CT molecular complexity index is 530. The Hall–Kier alpha value is -0.980. The lowest BCUT2D eigenvalue weighted by Crippen LogP contribution is -2.60. The molecule has 0 spiro atoms. The van der Waals surface area contributed by atoms with Gasteiger partial charge in [-0.2, -0.15) is 5.10 Å². The molecule has 1 aliphatic carbocycles. The molecule has 0 bridgehead atoms. The maximum Gasteiger partial charge on any atom is 0.139 e. The van der Waals surface area contributed by atoms with Crippen LogP contribution >= 0.6 is 0 Å². The summed E-state index contributed by atoms with van der Waals surface area (Å²) in [5.74, 6) is 1.12. The molecule has 1 aromatic heterocycles. The molecule has 22 heavy (non-hydrogen) atoms. The first kappa shape index (κ1) is 14.6. The number of hydrogen-bond acceptors (Lipinski definition) is 5. The van der Waals surface area contributed by atoms with Crippen LogP contribution in [0.25, 0.3) is 0 Å². The molecule has 122 valence electrons. The number of hydrogen-bond donors (Lipinski definition) is 1. The first-order chi connectivity index (χ1) is 10.7. The molecule has 1 saturated carbocycles. The third-order valence-corrected chi connectivity index (χ3v) is 5.65. The molecule has 3 fully saturated rings. The van der Waals surface area contributed by atoms with Crippen LogP contribution in [0.2, 0.25) is 0 Å². The molecule has 0 aromatic carbocycles. The molecule has 1 aromatic rings. The molecule has 0 amide bonds. The fourth-order valence-corrected chi connectivity index (χ4v) is 4.71. The van der Waals surface area contributed by atoms with Crippen molar-refractivity contribution in [2.75, 3.05) is 26.2 Å². The van der Waals surface area contributed by atoms with E-state index in [0.717, 1.165) is 44.9 Å². The minimum atomic E-state index is -0.0635. The molecule has 6 nitrogen and oxygen atoms in total. The Balaban J connectivity index is 1.85. The standard InChI is InChI=1S/C16H27N5O/c1-12(2)21-15(18-11-19-21)16-6-4-3-5-13(16)22-10-9-20-8-7-17-14(16)20/h11-14,17H,3-10H2,1-2H3. The van der Waals surface area contributed by atoms with Crippen molar-refractivity contribution < 1.29 is 4.74 Å². The molecule has 1 N–H and O–H groups in total. The number of nitrogens with one attached hydrogen (secondary N) is 1. The van der Waals surface area contributed by atoms with Gasteiger partial charge in [0.2, 0.25) is 0 Å². The Morgan fingerprint density at radius 2 is 2.27 bits per heavy atom. The number of nitrogens with zero attached hydrogens (tertiary/aromatic N) is 4. The first-order valence-electron chi connectivity index (χ1n) is 8.72. The Morgan fingerprint density at radius 3 is 3.14 bits per heavy atom. The van der Waals surface area contributed by atoms with E-state index in [1.807, 2.05) is 0 Å². The average molecular weight is 305 g/mol. The topological polar surface area (TPSA) is 55.2 Å². The SMILES string of the molecule is CC(C)n1ncnc1C12CCCCC1OCCN1CCNC12. The van der Waals surface area contributed by atoms with E-state index in [-0.39, 0.29) is 11.5 Å². The van der Waals surface area contributed by atoms with Gasteiger partial charge in [0.25, 0.3) is 0 Å². The van der Waals surface area contributed by atoms with Gasteiger partial charge >= 0.3 is 0 Å². The van der Waals surface area contributed by atoms with E-state index in [9.17, 15) is 0 Å². The van der Waals surface area contributed by atoms with E-state index in [4.69, 9.17) is 9.72 Å². The highest BCUT2D eigenvalue weighted by molar-refractivity contribution is 5.21. The summed E-state index contributed by atoms with van der Waals surface area (Å²) in [6.45, 7) is 8.40. The van der Waals surface area contributed by atoms with Crippen LogP contribution in [-0.4, -0.2) is 58.2 Å². The number of fused-ring (bicyclic) bond motifs is 3. The van der Waals surface area contributed by atoms with Crippen LogP contribution < -0.4 is 5.32 Å². The van der Waals surface area contributed by atoms with Crippen LogP contribution in [0.15, 0.2) is 6.33 Å². The Kier molecular flexibility index (Phi) is 3.71. The van der Waals surface area contributed by atoms with Gasteiger partial charge in [0.1, 0.15) is 12.2 Å². The zero-order valence-electron chi connectivity index (χ0n) is 13.7. The summed E-state index contributed by atoms with van der Waals surface area (Å²) in [7, 11) is 0. The van der Waals surface area contributed by atoms with Crippen LogP contribution in [0.1, 0.15) is 51.4 Å². The zero-order valence-corrected chi connectivity index (χ0v) is 13.7. The lowest BCUT2D eigenvalue weighted by atomic mass is 9.68. The van der Waals surface area contributed by atoms with E-state index in [0.29, 0.717) is 12.2 Å². The molecule has 0 radical (unpaired) electrons. The van der Waals surface area contributed by atoms with E-state index < -0.39 is 0 Å². The summed E-state index contributed by atoms with van der Waals surface area (Å²) in [5.41, 5.74) is -0.0635. The molecule has 6 heteroatoms. The van der Waals surface area contributed by atoms with E-state index in [1.165, 1.54) is 12.8 Å². The molecule has 4 rings (SSSR count). The zero-order chi connectivity index (χ0) is 15.2. The molecule has 2 saturated heterocycles. The van der Waals surface area contributed by atoms with Gasteiger partial charge in [0.15, 0.2) is 0 Å². The minimum absolute atomic E-state index is 0.0635. The highest BCUT2D eigenvalue weighted by Gasteiger charge is 2.56. The second kappa shape index (κ2) is 5.58. The fraction of sp³-hybridized carbons (Fsp3) is 0.875. The summed E-state index contributed by atoms with van der Waals surface area (Å²) in [5, 5.41) is 8.28. The third kappa shape index (κ3) is 2.04. The quantitative estimate of drug-likeness (QED) is 0.892. The van der Waals surface area contributed by atoms with Gasteiger partial charge in [0, 0.05) is 25.7 Å². The lowest BCUT2D eigenvalue weighted by molar-refractivity contribution is -0.0325. The minimum Gasteiger partial charge on any atom is -0.376 e. The largest absolute Gasteiger partial charge is 0.376 e. The van der Waals surface area contributed by atoms with Crippen molar-refractivity contribution in [3.05, 3.63) is 12.2 Å². The van der Waals surface area contributed by atoms with Gasteiger partial charge in [-0.1, -0.05) is 12.8 Å². The molecule has 3 atom stereocenters. The van der Waals surface area contributed by atoms with Crippen LogP contribution in [0.4, 0.5) is 0 Å². The predicted octanol–water partition coefficient (Wildman–Crippen LogP) is 1.30. The van der Waals surface area contributed by atoms with Gasteiger partial charge in [-0.05, 0) is 26.7 Å². The maximum absolute atomic E-state index is 6.34. The normalized spacial score (nSPS) is 36.1. The van der Waals surface area contributed by atoms with Gasteiger partial charge in [-0.3, -0.25) is 10.2 Å². The van der Waals surface area contributed by atoms with E-state index in [1.54, 1.807) is 6.33 Å². The van der Waals surface area contributed by atoms with Gasteiger partial charge in [0.05, 0.1) is 24.3 Å². The average Bonchev–Trinajstić information content (AvgIpc) is 3.15. The van der Waals surface area contributed by atoms with Crippen LogP contribution in [-0.2, 0) is 10.2 Å². The Labute approximate surface area is 132 Å². The summed E-state index contributed by atoms with van der Waals surface area (Å²) >= 11 is 0. The molecule has 3 unspecified atom stereocenters. The highest BCUT2D eigenvalue weighted by atomic mass is 16.5. The van der Waals surface area contributed by atoms with Gasteiger partial charge in [-0.25, -0.2) is 9.67 Å². The highest BCUT2D eigenvalue weighted by Crippen LogP contribution is 2.46. The summed E-state index contributed by atoms with van der Waals surface area (Å²) in [6, 6.07) is 0.326. The molecule has 2 aliphatic heterocycles.